The lowest BCUT2D eigenvalue weighted by molar-refractivity contribution is -0.151. The molecule has 170 valence electrons. The molecule has 4 rings (SSSR count). The van der Waals surface area contributed by atoms with Gasteiger partial charge in [0.2, 0.25) is 0 Å². The summed E-state index contributed by atoms with van der Waals surface area (Å²) in [6, 6.07) is 15.0. The number of hydrogen-bond donors (Lipinski definition) is 0. The van der Waals surface area contributed by atoms with Crippen LogP contribution in [-0.2, 0) is 9.53 Å². The van der Waals surface area contributed by atoms with E-state index in [9.17, 15) is 9.59 Å². The third kappa shape index (κ3) is 4.18. The normalized spacial score (nSPS) is 23.2. The molecule has 6 heteroatoms. The molecule has 0 bridgehead atoms. The summed E-state index contributed by atoms with van der Waals surface area (Å²) in [4.78, 5) is 27.8. The minimum Gasteiger partial charge on any atom is -0.493 e. The number of amides is 1. The molecular formula is C26H31NO5. The smallest absolute Gasteiger partial charge is 0.314 e. The largest absolute Gasteiger partial charge is 0.493 e. The molecule has 1 aliphatic carbocycles. The van der Waals surface area contributed by atoms with E-state index in [1.54, 1.807) is 24.1 Å². The number of hydrogen-bond acceptors (Lipinski definition) is 5. The number of rotatable bonds is 6. The van der Waals surface area contributed by atoms with Gasteiger partial charge in [0.1, 0.15) is 0 Å². The third-order valence-corrected chi connectivity index (χ3v) is 6.84. The SMILES string of the molecule is COC(=O)C1(C)CN(C(=O)c2ccccc2)CC1c1ccc(OC)c(OC2CCCC2)c1. The second-order valence-corrected chi connectivity index (χ2v) is 8.95. The molecule has 2 aromatic rings. The first-order valence-electron chi connectivity index (χ1n) is 11.2. The Morgan fingerprint density at radius 2 is 1.72 bits per heavy atom. The van der Waals surface area contributed by atoms with E-state index in [0.29, 0.717) is 30.2 Å². The zero-order valence-corrected chi connectivity index (χ0v) is 19.0. The highest BCUT2D eigenvalue weighted by atomic mass is 16.5. The average molecular weight is 438 g/mol. The lowest BCUT2D eigenvalue weighted by atomic mass is 9.76. The summed E-state index contributed by atoms with van der Waals surface area (Å²) in [5, 5.41) is 0. The van der Waals surface area contributed by atoms with Crippen LogP contribution in [0.4, 0.5) is 0 Å². The van der Waals surface area contributed by atoms with Crippen LogP contribution < -0.4 is 9.47 Å². The molecule has 1 aliphatic heterocycles. The number of nitrogens with zero attached hydrogens (tertiary/aromatic N) is 1. The van der Waals surface area contributed by atoms with Gasteiger partial charge in [0.15, 0.2) is 11.5 Å². The number of likely N-dealkylation sites (tertiary alicyclic amines) is 1. The van der Waals surface area contributed by atoms with Crippen LogP contribution in [-0.4, -0.2) is 50.2 Å². The van der Waals surface area contributed by atoms with Gasteiger partial charge in [-0.05, 0) is 62.4 Å². The quantitative estimate of drug-likeness (QED) is 0.626. The summed E-state index contributed by atoms with van der Waals surface area (Å²) >= 11 is 0. The molecule has 0 aromatic heterocycles. The van der Waals surface area contributed by atoms with Gasteiger partial charge in [0.25, 0.3) is 5.91 Å². The highest BCUT2D eigenvalue weighted by molar-refractivity contribution is 5.95. The van der Waals surface area contributed by atoms with Crippen molar-refractivity contribution in [2.45, 2.75) is 44.6 Å². The molecule has 2 unspecified atom stereocenters. The highest BCUT2D eigenvalue weighted by Crippen LogP contribution is 2.46. The van der Waals surface area contributed by atoms with Crippen molar-refractivity contribution in [3.63, 3.8) is 0 Å². The molecule has 0 N–H and O–H groups in total. The van der Waals surface area contributed by atoms with Crippen molar-refractivity contribution < 1.29 is 23.8 Å². The fraction of sp³-hybridized carbons (Fsp3) is 0.462. The predicted molar refractivity (Wildman–Crippen MR) is 121 cm³/mol. The van der Waals surface area contributed by atoms with Crippen molar-refractivity contribution in [3.05, 3.63) is 59.7 Å². The summed E-state index contributed by atoms with van der Waals surface area (Å²) in [5.74, 6) is 0.742. The van der Waals surface area contributed by atoms with Gasteiger partial charge in [0, 0.05) is 24.6 Å². The van der Waals surface area contributed by atoms with Crippen molar-refractivity contribution in [3.8, 4) is 11.5 Å². The maximum atomic E-state index is 13.1. The van der Waals surface area contributed by atoms with Crippen LogP contribution in [0.3, 0.4) is 0 Å². The number of ether oxygens (including phenoxy) is 3. The molecular weight excluding hydrogens is 406 g/mol. The Morgan fingerprint density at radius 3 is 2.38 bits per heavy atom. The van der Waals surface area contributed by atoms with E-state index in [2.05, 4.69) is 0 Å². The van der Waals surface area contributed by atoms with E-state index >= 15 is 0 Å². The van der Waals surface area contributed by atoms with E-state index < -0.39 is 5.41 Å². The van der Waals surface area contributed by atoms with Crippen LogP contribution in [0, 0.1) is 5.41 Å². The molecule has 1 heterocycles. The first-order valence-corrected chi connectivity index (χ1v) is 11.2. The van der Waals surface area contributed by atoms with Crippen molar-refractivity contribution >= 4 is 11.9 Å². The van der Waals surface area contributed by atoms with Gasteiger partial charge >= 0.3 is 5.97 Å². The van der Waals surface area contributed by atoms with Crippen molar-refractivity contribution in [2.24, 2.45) is 5.41 Å². The molecule has 1 saturated heterocycles. The van der Waals surface area contributed by atoms with Crippen LogP contribution in [0.25, 0.3) is 0 Å². The van der Waals surface area contributed by atoms with Gasteiger partial charge in [-0.25, -0.2) is 0 Å². The van der Waals surface area contributed by atoms with Gasteiger partial charge in [-0.15, -0.1) is 0 Å². The van der Waals surface area contributed by atoms with E-state index in [-0.39, 0.29) is 23.9 Å². The standard InChI is InChI=1S/C26H31NO5/c1-26(25(29)31-3)17-27(24(28)18-9-5-4-6-10-18)16-21(26)19-13-14-22(30-2)23(15-19)32-20-11-7-8-12-20/h4-6,9-10,13-15,20-21H,7-8,11-12,16-17H2,1-3H3. The van der Waals surface area contributed by atoms with Crippen molar-refractivity contribution in [2.75, 3.05) is 27.3 Å². The Kier molecular flexibility index (Phi) is 6.40. The van der Waals surface area contributed by atoms with Crippen LogP contribution in [0.5, 0.6) is 11.5 Å². The minimum absolute atomic E-state index is 0.0841. The van der Waals surface area contributed by atoms with Crippen molar-refractivity contribution in [1.82, 2.24) is 4.90 Å². The van der Waals surface area contributed by atoms with Gasteiger partial charge in [-0.2, -0.15) is 0 Å². The first-order chi connectivity index (χ1) is 15.5. The van der Waals surface area contributed by atoms with Crippen LogP contribution in [0.1, 0.15) is 54.4 Å². The Labute approximate surface area is 189 Å². The molecule has 2 aliphatic rings. The molecule has 0 radical (unpaired) electrons. The van der Waals surface area contributed by atoms with E-state index in [4.69, 9.17) is 14.2 Å². The number of carbonyl (C=O) groups is 2. The minimum atomic E-state index is -0.863. The van der Waals surface area contributed by atoms with Gasteiger partial charge in [-0.3, -0.25) is 9.59 Å². The fourth-order valence-electron chi connectivity index (χ4n) is 5.01. The second kappa shape index (κ2) is 9.23. The molecule has 0 spiro atoms. The molecule has 2 atom stereocenters. The predicted octanol–water partition coefficient (Wildman–Crippen LogP) is 4.44. The Bertz CT molecular complexity index is 969. The summed E-state index contributed by atoms with van der Waals surface area (Å²) in [6.07, 6.45) is 4.61. The molecule has 1 amide bonds. The maximum Gasteiger partial charge on any atom is 0.314 e. The molecule has 2 aromatic carbocycles. The molecule has 1 saturated carbocycles. The van der Waals surface area contributed by atoms with Crippen LogP contribution >= 0.6 is 0 Å². The summed E-state index contributed by atoms with van der Waals surface area (Å²) < 4.78 is 17.0. The van der Waals surface area contributed by atoms with Crippen LogP contribution in [0.15, 0.2) is 48.5 Å². The lowest BCUT2D eigenvalue weighted by Crippen LogP contribution is -2.37. The fourth-order valence-corrected chi connectivity index (χ4v) is 5.01. The van der Waals surface area contributed by atoms with Gasteiger partial charge in [-0.1, -0.05) is 24.3 Å². The Morgan fingerprint density at radius 1 is 1.00 bits per heavy atom. The summed E-state index contributed by atoms with van der Waals surface area (Å²) in [6.45, 7) is 2.60. The van der Waals surface area contributed by atoms with Crippen molar-refractivity contribution in [1.29, 1.82) is 0 Å². The monoisotopic (exact) mass is 437 g/mol. The number of benzene rings is 2. The zero-order valence-electron chi connectivity index (χ0n) is 19.0. The highest BCUT2D eigenvalue weighted by Gasteiger charge is 2.51. The van der Waals surface area contributed by atoms with E-state index in [1.165, 1.54) is 20.0 Å². The lowest BCUT2D eigenvalue weighted by Gasteiger charge is -2.28. The van der Waals surface area contributed by atoms with Gasteiger partial charge in [0.05, 0.1) is 25.7 Å². The maximum absolute atomic E-state index is 13.1. The van der Waals surface area contributed by atoms with E-state index in [1.807, 2.05) is 43.3 Å². The Balaban J connectivity index is 1.66. The number of esters is 1. The summed E-state index contributed by atoms with van der Waals surface area (Å²) in [5.41, 5.74) is 0.689. The van der Waals surface area contributed by atoms with Crippen LogP contribution in [0.2, 0.25) is 0 Å². The third-order valence-electron chi connectivity index (χ3n) is 6.84. The first kappa shape index (κ1) is 22.2. The Hall–Kier alpha value is -3.02. The second-order valence-electron chi connectivity index (χ2n) is 8.95. The number of carbonyl (C=O) groups excluding carboxylic acids is 2. The zero-order chi connectivity index (χ0) is 22.7. The number of methoxy groups -OCH3 is 2. The molecule has 2 fully saturated rings. The molecule has 6 nitrogen and oxygen atoms in total. The van der Waals surface area contributed by atoms with Gasteiger partial charge < -0.3 is 19.1 Å². The van der Waals surface area contributed by atoms with E-state index in [0.717, 1.165) is 18.4 Å². The molecule has 32 heavy (non-hydrogen) atoms. The summed E-state index contributed by atoms with van der Waals surface area (Å²) in [7, 11) is 3.03. The topological polar surface area (TPSA) is 65.1 Å². The average Bonchev–Trinajstić information content (AvgIpc) is 3.47.